The fraction of sp³-hybridized carbons (Fsp3) is 0.357. The van der Waals surface area contributed by atoms with Gasteiger partial charge >= 0.3 is 5.97 Å². The van der Waals surface area contributed by atoms with Gasteiger partial charge in [0.25, 0.3) is 0 Å². The third kappa shape index (κ3) is 20.3. The smallest absolute Gasteiger partial charge is 0.328 e. The molecule has 3 heteroatoms. The highest BCUT2D eigenvalue weighted by molar-refractivity contribution is 5.80. The highest BCUT2D eigenvalue weighted by Crippen LogP contribution is 2.02. The number of hydrogen-bond acceptors (Lipinski definition) is 2. The molecule has 0 amide bonds. The molecule has 0 bridgehead atoms. The molecule has 0 aliphatic carbocycles. The summed E-state index contributed by atoms with van der Waals surface area (Å²) in [6.07, 6.45) is 2.42. The molecule has 1 aromatic rings. The van der Waals surface area contributed by atoms with Gasteiger partial charge in [0, 0.05) is 6.08 Å². The standard InChI is InChI=1S/C6H6O.C5H8O2.C3H8/c7-6-4-2-1-3-5-6;1-4(2)3-5(6)7;1-3-2/h1-5,7H;3H,1-2H3,(H,6,7);3H2,1-2H3. The van der Waals surface area contributed by atoms with E-state index < -0.39 is 5.97 Å². The van der Waals surface area contributed by atoms with Gasteiger partial charge in [0.1, 0.15) is 5.75 Å². The molecule has 0 saturated heterocycles. The summed E-state index contributed by atoms with van der Waals surface area (Å²) < 4.78 is 0. The zero-order valence-corrected chi connectivity index (χ0v) is 11.0. The zero-order valence-electron chi connectivity index (χ0n) is 11.0. The molecular weight excluding hydrogens is 216 g/mol. The molecule has 2 N–H and O–H groups in total. The molecule has 1 rings (SSSR count). The number of rotatable bonds is 1. The lowest BCUT2D eigenvalue weighted by molar-refractivity contribution is -0.131. The largest absolute Gasteiger partial charge is 0.508 e. The number of hydrogen-bond donors (Lipinski definition) is 2. The number of carboxylic acids is 1. The maximum Gasteiger partial charge on any atom is 0.328 e. The van der Waals surface area contributed by atoms with Crippen LogP contribution in [0.3, 0.4) is 0 Å². The summed E-state index contributed by atoms with van der Waals surface area (Å²) in [4.78, 5) is 9.73. The summed E-state index contributed by atoms with van der Waals surface area (Å²) in [5.41, 5.74) is 0.813. The summed E-state index contributed by atoms with van der Waals surface area (Å²) in [6, 6.07) is 8.71. The molecular formula is C14H22O3. The minimum Gasteiger partial charge on any atom is -0.508 e. The van der Waals surface area contributed by atoms with Gasteiger partial charge in [-0.25, -0.2) is 4.79 Å². The van der Waals surface area contributed by atoms with Crippen LogP contribution in [0.15, 0.2) is 42.0 Å². The average Bonchev–Trinajstić information content (AvgIpc) is 2.18. The minimum atomic E-state index is -0.875. The second kappa shape index (κ2) is 12.3. The summed E-state index contributed by atoms with van der Waals surface area (Å²) in [5.74, 6) is -0.553. The number of aliphatic carboxylic acids is 1. The number of para-hydroxylation sites is 1. The molecule has 0 radical (unpaired) electrons. The molecule has 3 nitrogen and oxygen atoms in total. The first-order chi connectivity index (χ1) is 7.93. The molecule has 0 fully saturated rings. The van der Waals surface area contributed by atoms with Crippen LogP contribution in [0, 0.1) is 0 Å². The zero-order chi connectivity index (χ0) is 13.7. The number of benzene rings is 1. The van der Waals surface area contributed by atoms with Crippen molar-refractivity contribution in [3.63, 3.8) is 0 Å². The van der Waals surface area contributed by atoms with Crippen molar-refractivity contribution in [2.24, 2.45) is 0 Å². The Morgan fingerprint density at radius 1 is 1.18 bits per heavy atom. The van der Waals surface area contributed by atoms with Gasteiger partial charge in [-0.05, 0) is 26.0 Å². The predicted octanol–water partition coefficient (Wildman–Crippen LogP) is 3.85. The normalized spacial score (nSPS) is 7.76. The van der Waals surface area contributed by atoms with Gasteiger partial charge in [0.2, 0.25) is 0 Å². The molecule has 0 unspecified atom stereocenters. The van der Waals surface area contributed by atoms with E-state index >= 15 is 0 Å². The van der Waals surface area contributed by atoms with Gasteiger partial charge in [0.05, 0.1) is 0 Å². The lowest BCUT2D eigenvalue weighted by atomic mass is 10.3. The van der Waals surface area contributed by atoms with Crippen molar-refractivity contribution >= 4 is 5.97 Å². The number of phenols is 1. The van der Waals surface area contributed by atoms with Crippen LogP contribution in [-0.2, 0) is 4.79 Å². The van der Waals surface area contributed by atoms with Crippen LogP contribution in [0.25, 0.3) is 0 Å². The molecule has 0 aliphatic heterocycles. The summed E-state index contributed by atoms with van der Waals surface area (Å²) in [5, 5.41) is 16.6. The van der Waals surface area contributed by atoms with Crippen molar-refractivity contribution < 1.29 is 15.0 Å². The predicted molar refractivity (Wildman–Crippen MR) is 71.1 cm³/mol. The third-order valence-electron chi connectivity index (χ3n) is 1.17. The van der Waals surface area contributed by atoms with Crippen LogP contribution in [0.4, 0.5) is 0 Å². The van der Waals surface area contributed by atoms with Crippen LogP contribution >= 0.6 is 0 Å². The van der Waals surface area contributed by atoms with E-state index in [9.17, 15) is 4.79 Å². The Balaban J connectivity index is 0. The van der Waals surface area contributed by atoms with Gasteiger partial charge in [-0.1, -0.05) is 44.0 Å². The molecule has 0 spiro atoms. The van der Waals surface area contributed by atoms with Crippen molar-refractivity contribution in [1.82, 2.24) is 0 Å². The van der Waals surface area contributed by atoms with E-state index in [-0.39, 0.29) is 0 Å². The lowest BCUT2D eigenvalue weighted by Crippen LogP contribution is -1.86. The van der Waals surface area contributed by atoms with Gasteiger partial charge < -0.3 is 10.2 Å². The Morgan fingerprint density at radius 3 is 1.71 bits per heavy atom. The van der Waals surface area contributed by atoms with Crippen molar-refractivity contribution in [2.45, 2.75) is 34.1 Å². The van der Waals surface area contributed by atoms with Crippen LogP contribution in [0.2, 0.25) is 0 Å². The quantitative estimate of drug-likeness (QED) is 0.731. The minimum absolute atomic E-state index is 0.322. The molecule has 0 heterocycles. The monoisotopic (exact) mass is 238 g/mol. The van der Waals surface area contributed by atoms with Crippen molar-refractivity contribution in [3.05, 3.63) is 42.0 Å². The molecule has 17 heavy (non-hydrogen) atoms. The van der Waals surface area contributed by atoms with E-state index in [1.54, 1.807) is 38.1 Å². The number of aromatic hydroxyl groups is 1. The van der Waals surface area contributed by atoms with Crippen LogP contribution in [-0.4, -0.2) is 16.2 Å². The van der Waals surface area contributed by atoms with E-state index in [1.807, 2.05) is 6.07 Å². The Morgan fingerprint density at radius 2 is 1.59 bits per heavy atom. The first-order valence-corrected chi connectivity index (χ1v) is 5.55. The molecule has 0 saturated carbocycles. The molecule has 96 valence electrons. The fourth-order valence-corrected chi connectivity index (χ4v) is 0.675. The van der Waals surface area contributed by atoms with Gasteiger partial charge in [-0.3, -0.25) is 0 Å². The molecule has 0 aromatic heterocycles. The third-order valence-corrected chi connectivity index (χ3v) is 1.17. The van der Waals surface area contributed by atoms with E-state index in [1.165, 1.54) is 12.5 Å². The Hall–Kier alpha value is -1.77. The molecule has 0 aliphatic rings. The summed E-state index contributed by atoms with van der Waals surface area (Å²) in [6.45, 7) is 7.74. The molecule has 0 atom stereocenters. The average molecular weight is 238 g/mol. The van der Waals surface area contributed by atoms with Gasteiger partial charge in [-0.2, -0.15) is 0 Å². The Labute approximate surface area is 103 Å². The Kier molecular flexibility index (Phi) is 12.7. The SMILES string of the molecule is CC(C)=CC(=O)O.CCC.Oc1ccccc1. The number of carbonyl (C=O) groups is 1. The van der Waals surface area contributed by atoms with Crippen LogP contribution < -0.4 is 0 Å². The van der Waals surface area contributed by atoms with E-state index in [2.05, 4.69) is 13.8 Å². The van der Waals surface area contributed by atoms with Crippen molar-refractivity contribution in [2.75, 3.05) is 0 Å². The second-order valence-corrected chi connectivity index (χ2v) is 3.60. The van der Waals surface area contributed by atoms with Crippen molar-refractivity contribution in [3.8, 4) is 5.75 Å². The maximum absolute atomic E-state index is 9.73. The topological polar surface area (TPSA) is 57.5 Å². The molecule has 1 aromatic carbocycles. The first-order valence-electron chi connectivity index (χ1n) is 5.55. The van der Waals surface area contributed by atoms with Gasteiger partial charge in [-0.15, -0.1) is 0 Å². The summed E-state index contributed by atoms with van der Waals surface area (Å²) in [7, 11) is 0. The highest BCUT2D eigenvalue weighted by Gasteiger charge is 1.83. The van der Waals surface area contributed by atoms with E-state index in [4.69, 9.17) is 10.2 Å². The highest BCUT2D eigenvalue weighted by atomic mass is 16.4. The maximum atomic E-state index is 9.73. The van der Waals surface area contributed by atoms with Crippen LogP contribution in [0.1, 0.15) is 34.1 Å². The van der Waals surface area contributed by atoms with E-state index in [0.717, 1.165) is 5.57 Å². The number of allylic oxidation sites excluding steroid dienone is 1. The number of phenolic OH excluding ortho intramolecular Hbond substituents is 1. The lowest BCUT2D eigenvalue weighted by Gasteiger charge is -1.82. The first kappa shape index (κ1) is 17.6. The van der Waals surface area contributed by atoms with E-state index in [0.29, 0.717) is 5.75 Å². The fourth-order valence-electron chi connectivity index (χ4n) is 0.675. The summed E-state index contributed by atoms with van der Waals surface area (Å²) >= 11 is 0. The van der Waals surface area contributed by atoms with Crippen LogP contribution in [0.5, 0.6) is 5.75 Å². The number of carboxylic acid groups (broad SMARTS) is 1. The van der Waals surface area contributed by atoms with Gasteiger partial charge in [0.15, 0.2) is 0 Å². The Bertz CT molecular complexity index is 311. The van der Waals surface area contributed by atoms with Crippen molar-refractivity contribution in [1.29, 1.82) is 0 Å². The second-order valence-electron chi connectivity index (χ2n) is 3.60.